The summed E-state index contributed by atoms with van der Waals surface area (Å²) in [6.45, 7) is 0. The van der Waals surface area contributed by atoms with Crippen molar-refractivity contribution >= 4 is 11.6 Å². The lowest BCUT2D eigenvalue weighted by Crippen LogP contribution is -2.39. The standard InChI is InChI=1S/C12H17N3O/c1-15(9-4-3-7-14-8-9)12(16)10-5-2-6-11(10)13/h3-4,7-8,10-11H,2,5-6,13H2,1H3. The average molecular weight is 219 g/mol. The smallest absolute Gasteiger partial charge is 0.231 e. The summed E-state index contributed by atoms with van der Waals surface area (Å²) >= 11 is 0. The molecule has 1 amide bonds. The fraction of sp³-hybridized carbons (Fsp3) is 0.500. The van der Waals surface area contributed by atoms with Crippen LogP contribution in [0.2, 0.25) is 0 Å². The van der Waals surface area contributed by atoms with Crippen LogP contribution >= 0.6 is 0 Å². The molecule has 0 bridgehead atoms. The number of nitrogens with zero attached hydrogens (tertiary/aromatic N) is 2. The highest BCUT2D eigenvalue weighted by molar-refractivity contribution is 5.94. The Morgan fingerprint density at radius 3 is 2.94 bits per heavy atom. The first-order valence-corrected chi connectivity index (χ1v) is 5.63. The summed E-state index contributed by atoms with van der Waals surface area (Å²) in [4.78, 5) is 17.8. The highest BCUT2D eigenvalue weighted by Crippen LogP contribution is 2.27. The maximum atomic E-state index is 12.2. The number of rotatable bonds is 2. The van der Waals surface area contributed by atoms with Gasteiger partial charge in [0.1, 0.15) is 0 Å². The molecule has 0 aliphatic heterocycles. The predicted molar refractivity (Wildman–Crippen MR) is 63.0 cm³/mol. The first-order chi connectivity index (χ1) is 7.70. The number of hydrogen-bond donors (Lipinski definition) is 1. The number of pyridine rings is 1. The van der Waals surface area contributed by atoms with Gasteiger partial charge < -0.3 is 10.6 Å². The molecule has 4 nitrogen and oxygen atoms in total. The van der Waals surface area contributed by atoms with E-state index in [1.807, 2.05) is 12.1 Å². The van der Waals surface area contributed by atoms with Crippen molar-refractivity contribution in [1.82, 2.24) is 4.98 Å². The Morgan fingerprint density at radius 1 is 1.56 bits per heavy atom. The van der Waals surface area contributed by atoms with Crippen molar-refractivity contribution in [2.75, 3.05) is 11.9 Å². The summed E-state index contributed by atoms with van der Waals surface area (Å²) in [6.07, 6.45) is 6.31. The number of carbonyl (C=O) groups excluding carboxylic acids is 1. The quantitative estimate of drug-likeness (QED) is 0.812. The summed E-state index contributed by atoms with van der Waals surface area (Å²) in [5.41, 5.74) is 6.76. The minimum atomic E-state index is -0.0230. The molecule has 1 fully saturated rings. The van der Waals surface area contributed by atoms with Gasteiger partial charge in [-0.3, -0.25) is 9.78 Å². The lowest BCUT2D eigenvalue weighted by Gasteiger charge is -2.23. The van der Waals surface area contributed by atoms with Crippen LogP contribution in [-0.2, 0) is 4.79 Å². The van der Waals surface area contributed by atoms with Crippen LogP contribution < -0.4 is 10.6 Å². The van der Waals surface area contributed by atoms with Crippen LogP contribution in [-0.4, -0.2) is 24.0 Å². The first-order valence-electron chi connectivity index (χ1n) is 5.63. The summed E-state index contributed by atoms with van der Waals surface area (Å²) in [7, 11) is 1.78. The van der Waals surface area contributed by atoms with Crippen molar-refractivity contribution in [2.45, 2.75) is 25.3 Å². The Labute approximate surface area is 95.5 Å². The molecule has 1 heterocycles. The Hall–Kier alpha value is -1.42. The molecule has 1 saturated carbocycles. The number of amides is 1. The minimum absolute atomic E-state index is 0.0200. The van der Waals surface area contributed by atoms with Crippen LogP contribution in [0.1, 0.15) is 19.3 Å². The van der Waals surface area contributed by atoms with Gasteiger partial charge in [-0.2, -0.15) is 0 Å². The van der Waals surface area contributed by atoms with Crippen LogP contribution in [0.25, 0.3) is 0 Å². The summed E-state index contributed by atoms with van der Waals surface area (Å²) in [5.74, 6) is 0.0863. The van der Waals surface area contributed by atoms with Crippen LogP contribution in [0.4, 0.5) is 5.69 Å². The molecule has 0 aromatic carbocycles. The van der Waals surface area contributed by atoms with E-state index in [2.05, 4.69) is 4.98 Å². The summed E-state index contributed by atoms with van der Waals surface area (Å²) in [6, 6.07) is 3.73. The van der Waals surface area contributed by atoms with Gasteiger partial charge in [-0.1, -0.05) is 6.42 Å². The van der Waals surface area contributed by atoms with E-state index in [-0.39, 0.29) is 17.9 Å². The molecule has 1 aromatic heterocycles. The SMILES string of the molecule is CN(C(=O)C1CCCC1N)c1cccnc1. The topological polar surface area (TPSA) is 59.2 Å². The van der Waals surface area contributed by atoms with Crippen molar-refractivity contribution in [1.29, 1.82) is 0 Å². The molecule has 0 spiro atoms. The number of aromatic nitrogens is 1. The van der Waals surface area contributed by atoms with E-state index in [0.717, 1.165) is 24.9 Å². The summed E-state index contributed by atoms with van der Waals surface area (Å²) in [5, 5.41) is 0. The normalized spacial score (nSPS) is 24.4. The van der Waals surface area contributed by atoms with E-state index in [4.69, 9.17) is 5.73 Å². The molecule has 2 N–H and O–H groups in total. The van der Waals surface area contributed by atoms with Crippen LogP contribution in [0, 0.1) is 5.92 Å². The molecule has 2 rings (SSSR count). The predicted octanol–water partition coefficient (Wildman–Crippen LogP) is 1.17. The first kappa shape index (κ1) is 11.1. The molecule has 2 unspecified atom stereocenters. The minimum Gasteiger partial charge on any atom is -0.327 e. The Balaban J connectivity index is 2.10. The number of hydrogen-bond acceptors (Lipinski definition) is 3. The zero-order chi connectivity index (χ0) is 11.5. The van der Waals surface area contributed by atoms with Gasteiger partial charge in [0.05, 0.1) is 17.8 Å². The van der Waals surface area contributed by atoms with E-state index in [1.165, 1.54) is 0 Å². The lowest BCUT2D eigenvalue weighted by molar-refractivity contribution is -0.122. The summed E-state index contributed by atoms with van der Waals surface area (Å²) < 4.78 is 0. The van der Waals surface area contributed by atoms with Crippen LogP contribution in [0.15, 0.2) is 24.5 Å². The molecule has 2 atom stereocenters. The Kier molecular flexibility index (Phi) is 3.19. The van der Waals surface area contributed by atoms with Gasteiger partial charge in [-0.15, -0.1) is 0 Å². The van der Waals surface area contributed by atoms with E-state index >= 15 is 0 Å². The molecular weight excluding hydrogens is 202 g/mol. The molecule has 0 saturated heterocycles. The van der Waals surface area contributed by atoms with Gasteiger partial charge in [-0.25, -0.2) is 0 Å². The number of nitrogens with two attached hydrogens (primary N) is 1. The maximum Gasteiger partial charge on any atom is 0.231 e. The lowest BCUT2D eigenvalue weighted by atomic mass is 10.0. The van der Waals surface area contributed by atoms with Crippen molar-refractivity contribution in [3.8, 4) is 0 Å². The van der Waals surface area contributed by atoms with E-state index in [1.54, 1.807) is 24.3 Å². The molecule has 1 aromatic rings. The zero-order valence-corrected chi connectivity index (χ0v) is 9.47. The van der Waals surface area contributed by atoms with Crippen LogP contribution in [0.3, 0.4) is 0 Å². The highest BCUT2D eigenvalue weighted by Gasteiger charge is 2.32. The van der Waals surface area contributed by atoms with Crippen molar-refractivity contribution in [3.63, 3.8) is 0 Å². The fourth-order valence-electron chi connectivity index (χ4n) is 2.22. The molecule has 86 valence electrons. The second-order valence-corrected chi connectivity index (χ2v) is 4.31. The van der Waals surface area contributed by atoms with E-state index in [9.17, 15) is 4.79 Å². The third-order valence-electron chi connectivity index (χ3n) is 3.25. The van der Waals surface area contributed by atoms with E-state index in [0.29, 0.717) is 0 Å². The van der Waals surface area contributed by atoms with Gasteiger partial charge in [-0.05, 0) is 25.0 Å². The van der Waals surface area contributed by atoms with Crippen LogP contribution in [0.5, 0.6) is 0 Å². The van der Waals surface area contributed by atoms with Gasteiger partial charge in [0.25, 0.3) is 0 Å². The molecule has 1 aliphatic carbocycles. The second-order valence-electron chi connectivity index (χ2n) is 4.31. The number of carbonyl (C=O) groups is 1. The fourth-order valence-corrected chi connectivity index (χ4v) is 2.22. The van der Waals surface area contributed by atoms with Crippen molar-refractivity contribution in [2.24, 2.45) is 11.7 Å². The highest BCUT2D eigenvalue weighted by atomic mass is 16.2. The largest absolute Gasteiger partial charge is 0.327 e. The van der Waals surface area contributed by atoms with Crippen molar-refractivity contribution in [3.05, 3.63) is 24.5 Å². The van der Waals surface area contributed by atoms with E-state index < -0.39 is 0 Å². The zero-order valence-electron chi connectivity index (χ0n) is 9.47. The maximum absolute atomic E-state index is 12.2. The van der Waals surface area contributed by atoms with Gasteiger partial charge >= 0.3 is 0 Å². The number of anilines is 1. The molecule has 1 aliphatic rings. The molecule has 16 heavy (non-hydrogen) atoms. The average Bonchev–Trinajstić information content (AvgIpc) is 2.75. The molecule has 4 heteroatoms. The second kappa shape index (κ2) is 4.61. The Bertz CT molecular complexity index is 366. The van der Waals surface area contributed by atoms with Gasteiger partial charge in [0.2, 0.25) is 5.91 Å². The molecular formula is C12H17N3O. The van der Waals surface area contributed by atoms with Crippen molar-refractivity contribution < 1.29 is 4.79 Å². The molecule has 0 radical (unpaired) electrons. The Morgan fingerprint density at radius 2 is 2.38 bits per heavy atom. The van der Waals surface area contributed by atoms with Gasteiger partial charge in [0, 0.05) is 19.3 Å². The van der Waals surface area contributed by atoms with Gasteiger partial charge in [0.15, 0.2) is 0 Å². The monoisotopic (exact) mass is 219 g/mol. The third-order valence-corrected chi connectivity index (χ3v) is 3.25. The third kappa shape index (κ3) is 2.07.